The van der Waals surface area contributed by atoms with E-state index in [-0.39, 0.29) is 17.9 Å². The fourth-order valence-electron chi connectivity index (χ4n) is 5.85. The molecule has 1 N–H and O–H groups in total. The molecule has 186 valence electrons. The number of aromatic nitrogens is 1. The maximum atomic E-state index is 13.8. The van der Waals surface area contributed by atoms with E-state index in [1.165, 1.54) is 12.8 Å². The topological polar surface area (TPSA) is 80.0 Å². The number of ether oxygens (including phenoxy) is 1. The van der Waals surface area contributed by atoms with Gasteiger partial charge in [0.15, 0.2) is 5.58 Å². The van der Waals surface area contributed by atoms with Crippen LogP contribution in [0, 0.1) is 6.92 Å². The molecule has 0 spiro atoms. The molecule has 1 aliphatic carbocycles. The molecule has 2 fully saturated rings. The maximum absolute atomic E-state index is 13.8. The number of furan rings is 1. The molecule has 8 heteroatoms. The number of nitrogens with one attached hydrogen (secondary N) is 1. The molecule has 4 heterocycles. The lowest BCUT2D eigenvalue weighted by Gasteiger charge is -2.45. The molecule has 0 aromatic carbocycles. The fourth-order valence-corrected chi connectivity index (χ4v) is 5.85. The molecule has 2 aliphatic heterocycles. The van der Waals surface area contributed by atoms with Gasteiger partial charge in [-0.3, -0.25) is 14.5 Å². The van der Waals surface area contributed by atoms with Gasteiger partial charge in [-0.1, -0.05) is 25.7 Å². The van der Waals surface area contributed by atoms with Gasteiger partial charge in [-0.2, -0.15) is 0 Å². The van der Waals surface area contributed by atoms with Crippen LogP contribution in [0.5, 0.6) is 0 Å². The van der Waals surface area contributed by atoms with Crippen LogP contribution in [0.25, 0.3) is 11.1 Å². The van der Waals surface area contributed by atoms with E-state index in [1.807, 2.05) is 35.4 Å². The summed E-state index contributed by atoms with van der Waals surface area (Å²) in [7, 11) is 0. The minimum Gasteiger partial charge on any atom is -0.460 e. The predicted molar refractivity (Wildman–Crippen MR) is 130 cm³/mol. The Hall–Kier alpha value is -2.32. The van der Waals surface area contributed by atoms with Crippen molar-refractivity contribution in [3.05, 3.63) is 23.6 Å². The lowest BCUT2D eigenvalue weighted by Crippen LogP contribution is -2.65. The van der Waals surface area contributed by atoms with E-state index in [2.05, 4.69) is 10.2 Å². The van der Waals surface area contributed by atoms with Crippen molar-refractivity contribution in [2.24, 2.45) is 0 Å². The molecule has 3 aliphatic rings. The van der Waals surface area contributed by atoms with Gasteiger partial charge in [-0.25, -0.2) is 0 Å². The number of nitrogens with zero attached hydrogens (tertiary/aromatic N) is 3. The normalized spacial score (nSPS) is 24.9. The highest BCUT2D eigenvalue weighted by atomic mass is 16.5. The number of hydrogen-bond acceptors (Lipinski definition) is 5. The summed E-state index contributed by atoms with van der Waals surface area (Å²) in [4.78, 5) is 31.8. The third-order valence-electron chi connectivity index (χ3n) is 7.88. The molecule has 5 rings (SSSR count). The Kier molecular flexibility index (Phi) is 6.71. The second kappa shape index (κ2) is 9.74. The zero-order valence-electron chi connectivity index (χ0n) is 20.6. The smallest absolute Gasteiger partial charge is 0.271 e. The summed E-state index contributed by atoms with van der Waals surface area (Å²) in [5, 5.41) is 3.34. The van der Waals surface area contributed by atoms with Crippen molar-refractivity contribution in [3.63, 3.8) is 0 Å². The van der Waals surface area contributed by atoms with Crippen molar-refractivity contribution in [1.29, 1.82) is 0 Å². The Morgan fingerprint density at radius 3 is 2.59 bits per heavy atom. The Morgan fingerprint density at radius 1 is 1.12 bits per heavy atom. The molecule has 0 radical (unpaired) electrons. The summed E-state index contributed by atoms with van der Waals surface area (Å²) in [5.41, 5.74) is 1.27. The Balaban J connectivity index is 1.39. The minimum absolute atomic E-state index is 0.0353. The second-order valence-corrected chi connectivity index (χ2v) is 10.4. The molecule has 1 saturated heterocycles. The first-order chi connectivity index (χ1) is 16.5. The van der Waals surface area contributed by atoms with E-state index in [4.69, 9.17) is 9.15 Å². The quantitative estimate of drug-likeness (QED) is 0.655. The van der Waals surface area contributed by atoms with Crippen LogP contribution in [0.1, 0.15) is 68.1 Å². The van der Waals surface area contributed by atoms with Crippen molar-refractivity contribution in [2.45, 2.75) is 76.9 Å². The average molecular weight is 471 g/mol. The van der Waals surface area contributed by atoms with E-state index in [0.717, 1.165) is 76.2 Å². The monoisotopic (exact) mass is 470 g/mol. The van der Waals surface area contributed by atoms with E-state index >= 15 is 0 Å². The van der Waals surface area contributed by atoms with E-state index in [9.17, 15) is 9.59 Å². The third-order valence-corrected chi connectivity index (χ3v) is 7.88. The van der Waals surface area contributed by atoms with Crippen molar-refractivity contribution >= 4 is 22.9 Å². The number of amides is 2. The summed E-state index contributed by atoms with van der Waals surface area (Å²) >= 11 is 0. The third kappa shape index (κ3) is 4.50. The van der Waals surface area contributed by atoms with E-state index < -0.39 is 5.54 Å². The number of carbonyl (C=O) groups is 2. The summed E-state index contributed by atoms with van der Waals surface area (Å²) in [6, 6.07) is 3.99. The lowest BCUT2D eigenvalue weighted by atomic mass is 9.93. The Morgan fingerprint density at radius 2 is 1.85 bits per heavy atom. The van der Waals surface area contributed by atoms with Gasteiger partial charge in [0.1, 0.15) is 17.0 Å². The van der Waals surface area contributed by atoms with Gasteiger partial charge in [-0.05, 0) is 33.1 Å². The summed E-state index contributed by atoms with van der Waals surface area (Å²) in [5.74, 6) is 0.688. The fraction of sp³-hybridized carbons (Fsp3) is 0.692. The first-order valence-corrected chi connectivity index (χ1v) is 13.0. The highest BCUT2D eigenvalue weighted by Crippen LogP contribution is 2.34. The predicted octanol–water partition coefficient (Wildman–Crippen LogP) is 3.32. The van der Waals surface area contributed by atoms with Gasteiger partial charge in [0.05, 0.1) is 25.3 Å². The number of morpholine rings is 1. The maximum Gasteiger partial charge on any atom is 0.271 e. The standard InChI is InChI=1S/C26H38N4O4/c1-19-16-21-23(34-19)17-22-24(31)30(11-7-10-28-12-14-33-15-13-28)26(2,18-29(21)22)25(32)27-20-8-5-3-4-6-9-20/h16-17,20H,3-15,18H2,1-2H3,(H,27,32)/t26-/m1/s1. The molecule has 1 atom stereocenters. The van der Waals surface area contributed by atoms with Crippen molar-refractivity contribution < 1.29 is 18.7 Å². The molecule has 2 aromatic heterocycles. The first kappa shape index (κ1) is 23.4. The zero-order chi connectivity index (χ0) is 23.7. The largest absolute Gasteiger partial charge is 0.460 e. The Bertz CT molecular complexity index is 1030. The number of fused-ring (bicyclic) bond motifs is 3. The lowest BCUT2D eigenvalue weighted by molar-refractivity contribution is -0.133. The van der Waals surface area contributed by atoms with Gasteiger partial charge in [0.2, 0.25) is 5.91 Å². The molecule has 34 heavy (non-hydrogen) atoms. The van der Waals surface area contributed by atoms with Crippen molar-refractivity contribution in [3.8, 4) is 0 Å². The van der Waals surface area contributed by atoms with Gasteiger partial charge < -0.3 is 23.9 Å². The molecule has 1 saturated carbocycles. The first-order valence-electron chi connectivity index (χ1n) is 13.0. The van der Waals surface area contributed by atoms with Gasteiger partial charge in [0, 0.05) is 44.4 Å². The zero-order valence-corrected chi connectivity index (χ0v) is 20.6. The number of aryl methyl sites for hydroxylation is 1. The average Bonchev–Trinajstić information content (AvgIpc) is 3.22. The summed E-state index contributed by atoms with van der Waals surface area (Å²) in [6.07, 6.45) is 7.65. The molecule has 2 aromatic rings. The summed E-state index contributed by atoms with van der Waals surface area (Å²) < 4.78 is 13.3. The van der Waals surface area contributed by atoms with Crippen molar-refractivity contribution in [1.82, 2.24) is 19.7 Å². The van der Waals surface area contributed by atoms with Crippen LogP contribution < -0.4 is 5.32 Å². The molecular formula is C26H38N4O4. The number of carbonyl (C=O) groups excluding carboxylic acids is 2. The number of rotatable bonds is 6. The highest BCUT2D eigenvalue weighted by molar-refractivity contribution is 6.03. The number of hydrogen-bond donors (Lipinski definition) is 1. The van der Waals surface area contributed by atoms with Crippen LogP contribution >= 0.6 is 0 Å². The molecule has 0 unspecified atom stereocenters. The second-order valence-electron chi connectivity index (χ2n) is 10.4. The molecule has 8 nitrogen and oxygen atoms in total. The highest BCUT2D eigenvalue weighted by Gasteiger charge is 2.48. The van der Waals surface area contributed by atoms with Crippen LogP contribution in [0.2, 0.25) is 0 Å². The minimum atomic E-state index is -0.946. The van der Waals surface area contributed by atoms with Gasteiger partial charge in [0.25, 0.3) is 5.91 Å². The van der Waals surface area contributed by atoms with Crippen LogP contribution in [0.15, 0.2) is 16.5 Å². The van der Waals surface area contributed by atoms with Crippen molar-refractivity contribution in [2.75, 3.05) is 39.4 Å². The SMILES string of the molecule is Cc1cc2c(cc3n2C[C@](C)(C(=O)NC2CCCCCC2)N(CCCN2CCOCC2)C3=O)o1. The van der Waals surface area contributed by atoms with E-state index in [1.54, 1.807) is 0 Å². The van der Waals surface area contributed by atoms with Gasteiger partial charge >= 0.3 is 0 Å². The molecular weight excluding hydrogens is 432 g/mol. The van der Waals surface area contributed by atoms with Crippen LogP contribution in [-0.2, 0) is 16.1 Å². The van der Waals surface area contributed by atoms with Crippen LogP contribution in [0.3, 0.4) is 0 Å². The van der Waals surface area contributed by atoms with E-state index in [0.29, 0.717) is 24.4 Å². The molecule has 0 bridgehead atoms. The van der Waals surface area contributed by atoms with Gasteiger partial charge in [-0.15, -0.1) is 0 Å². The Labute approximate surface area is 201 Å². The van der Waals surface area contributed by atoms with Crippen LogP contribution in [-0.4, -0.2) is 77.2 Å². The molecule has 2 amide bonds. The summed E-state index contributed by atoms with van der Waals surface area (Å²) in [6.45, 7) is 9.10. The van der Waals surface area contributed by atoms with Crippen LogP contribution in [0.4, 0.5) is 0 Å².